The third kappa shape index (κ3) is 25.2. The lowest BCUT2D eigenvalue weighted by molar-refractivity contribution is 1.21. The normalized spacial score (nSPS) is 7.76. The van der Waals surface area contributed by atoms with Crippen LogP contribution in [0.25, 0.3) is 0 Å². The summed E-state index contributed by atoms with van der Waals surface area (Å²) in [5, 5.41) is 0. The first-order valence-corrected chi connectivity index (χ1v) is 6.39. The lowest BCUT2D eigenvalue weighted by Gasteiger charge is -1.98. The summed E-state index contributed by atoms with van der Waals surface area (Å²) >= 11 is 0. The number of hydrogen-bond donors (Lipinski definition) is 0. The average Bonchev–Trinajstić information content (AvgIpc) is 2.40. The van der Waals surface area contributed by atoms with E-state index in [0.717, 1.165) is 17.6 Å². The quantitative estimate of drug-likeness (QED) is 0.386. The number of hydrogen-bond acceptors (Lipinski definition) is 0. The van der Waals surface area contributed by atoms with Gasteiger partial charge in [-0.1, -0.05) is 78.7 Å². The van der Waals surface area contributed by atoms with Crippen molar-refractivity contribution in [3.8, 4) is 0 Å². The van der Waals surface area contributed by atoms with Gasteiger partial charge < -0.3 is 0 Å². The molecule has 17 heavy (non-hydrogen) atoms. The molecule has 0 nitrogen and oxygen atoms in total. The first kappa shape index (κ1) is 24.8. The first-order valence-electron chi connectivity index (χ1n) is 6.39. The largest absolute Gasteiger partial charge is 0.103 e. The molecule has 0 aromatic rings. The molecule has 0 spiro atoms. The van der Waals surface area contributed by atoms with Gasteiger partial charge in [0.15, 0.2) is 0 Å². The van der Waals surface area contributed by atoms with Crippen molar-refractivity contribution >= 4 is 0 Å². The van der Waals surface area contributed by atoms with Gasteiger partial charge in [-0.3, -0.25) is 0 Å². The monoisotopic (exact) mass is 236 g/mol. The van der Waals surface area contributed by atoms with Crippen molar-refractivity contribution in [3.05, 3.63) is 61.8 Å². The summed E-state index contributed by atoms with van der Waals surface area (Å²) in [6.07, 6.45) is 8.38. The van der Waals surface area contributed by atoms with Crippen molar-refractivity contribution in [1.29, 1.82) is 0 Å². The lowest BCUT2D eigenvalue weighted by Crippen LogP contribution is -1.78. The van der Waals surface area contributed by atoms with Crippen LogP contribution in [0.3, 0.4) is 0 Å². The van der Waals surface area contributed by atoms with Gasteiger partial charge in [-0.15, -0.1) is 6.58 Å². The van der Waals surface area contributed by atoms with Gasteiger partial charge in [0.1, 0.15) is 0 Å². The second-order valence-electron chi connectivity index (χ2n) is 2.41. The Bertz CT molecular complexity index is 204. The molecular weight excluding hydrogens is 204 g/mol. The van der Waals surface area contributed by atoms with E-state index in [1.54, 1.807) is 18.2 Å². The van der Waals surface area contributed by atoms with Crippen molar-refractivity contribution in [2.45, 2.75) is 48.0 Å². The lowest BCUT2D eigenvalue weighted by atomic mass is 10.1. The molecule has 0 aliphatic heterocycles. The van der Waals surface area contributed by atoms with Crippen molar-refractivity contribution < 1.29 is 0 Å². The molecule has 0 aromatic heterocycles. The van der Waals surface area contributed by atoms with Crippen LogP contribution in [0, 0.1) is 0 Å². The van der Waals surface area contributed by atoms with Crippen LogP contribution in [0.4, 0.5) is 0 Å². The Kier molecular flexibility index (Phi) is 42.7. The van der Waals surface area contributed by atoms with Gasteiger partial charge in [-0.2, -0.15) is 0 Å². The van der Waals surface area contributed by atoms with E-state index in [1.165, 1.54) is 0 Å². The fourth-order valence-corrected chi connectivity index (χ4v) is 0.683. The number of rotatable bonds is 4. The predicted molar refractivity (Wildman–Crippen MR) is 86.5 cm³/mol. The molecule has 0 saturated heterocycles. The standard InChI is InChI=1S/C10H14.C3H6.2C2H6/c1-5-8-10(7-3)9(4)6-2;1-3-2;2*1-2/h6-8H,2-5H2,1H3;3H,1H2,2H3;2*1-2H3/b10-8-;;;. The molecule has 0 radical (unpaired) electrons. The molecule has 0 heterocycles. The molecule has 0 atom stereocenters. The van der Waals surface area contributed by atoms with E-state index in [0.29, 0.717) is 0 Å². The van der Waals surface area contributed by atoms with Gasteiger partial charge in [0, 0.05) is 0 Å². The van der Waals surface area contributed by atoms with Gasteiger partial charge in [0.2, 0.25) is 0 Å². The minimum absolute atomic E-state index is 0.942. The van der Waals surface area contributed by atoms with Crippen LogP contribution in [0.1, 0.15) is 48.0 Å². The summed E-state index contributed by atoms with van der Waals surface area (Å²) in [5.41, 5.74) is 2.02. The summed E-state index contributed by atoms with van der Waals surface area (Å²) in [6, 6.07) is 0. The van der Waals surface area contributed by atoms with E-state index in [2.05, 4.69) is 39.3 Å². The van der Waals surface area contributed by atoms with Gasteiger partial charge in [0.05, 0.1) is 0 Å². The summed E-state index contributed by atoms with van der Waals surface area (Å²) < 4.78 is 0. The summed E-state index contributed by atoms with van der Waals surface area (Å²) in [6.45, 7) is 26.4. The highest BCUT2D eigenvalue weighted by molar-refractivity contribution is 5.42. The maximum atomic E-state index is 3.81. The van der Waals surface area contributed by atoms with Crippen LogP contribution in [0.15, 0.2) is 61.8 Å². The summed E-state index contributed by atoms with van der Waals surface area (Å²) in [7, 11) is 0. The Morgan fingerprint density at radius 2 is 1.29 bits per heavy atom. The molecule has 0 aliphatic rings. The highest BCUT2D eigenvalue weighted by Crippen LogP contribution is 2.09. The molecule has 0 N–H and O–H groups in total. The first-order chi connectivity index (χ1) is 8.17. The SMILES string of the molecule is C=CC.C=CC(=C)/C(C=C)=C\CC.CC.CC. The Hall–Kier alpha value is -1.30. The highest BCUT2D eigenvalue weighted by Gasteiger charge is 1.89. The third-order valence-corrected chi connectivity index (χ3v) is 1.26. The molecule has 0 saturated carbocycles. The van der Waals surface area contributed by atoms with Crippen molar-refractivity contribution in [2.24, 2.45) is 0 Å². The van der Waals surface area contributed by atoms with Crippen LogP contribution in [-0.2, 0) is 0 Å². The van der Waals surface area contributed by atoms with E-state index in [-0.39, 0.29) is 0 Å². The predicted octanol–water partition coefficient (Wildman–Crippen LogP) is 6.50. The molecule has 0 aromatic carbocycles. The highest BCUT2D eigenvalue weighted by atomic mass is 13.9. The zero-order valence-electron chi connectivity index (χ0n) is 12.8. The van der Waals surface area contributed by atoms with E-state index >= 15 is 0 Å². The molecule has 0 aliphatic carbocycles. The fourth-order valence-electron chi connectivity index (χ4n) is 0.683. The fraction of sp³-hybridized carbons (Fsp3) is 0.412. The molecule has 0 rings (SSSR count). The third-order valence-electron chi connectivity index (χ3n) is 1.26. The Morgan fingerprint density at radius 1 is 0.941 bits per heavy atom. The van der Waals surface area contributed by atoms with E-state index in [1.807, 2.05) is 34.6 Å². The van der Waals surface area contributed by atoms with Crippen molar-refractivity contribution in [3.63, 3.8) is 0 Å². The molecular formula is C17H32. The topological polar surface area (TPSA) is 0 Å². The second-order valence-corrected chi connectivity index (χ2v) is 2.41. The molecule has 0 amide bonds. The smallest absolute Gasteiger partial charge is 0.0236 e. The molecule has 100 valence electrons. The average molecular weight is 236 g/mol. The molecule has 0 bridgehead atoms. The minimum atomic E-state index is 0.942. The van der Waals surface area contributed by atoms with Crippen LogP contribution in [-0.4, -0.2) is 0 Å². The summed E-state index contributed by atoms with van der Waals surface area (Å²) in [4.78, 5) is 0. The Labute approximate surface area is 110 Å². The number of allylic oxidation sites excluding steroid dienone is 6. The van der Waals surface area contributed by atoms with Crippen LogP contribution >= 0.6 is 0 Å². The van der Waals surface area contributed by atoms with Gasteiger partial charge in [-0.05, 0) is 24.5 Å². The van der Waals surface area contributed by atoms with Crippen molar-refractivity contribution in [1.82, 2.24) is 0 Å². The zero-order valence-corrected chi connectivity index (χ0v) is 12.8. The maximum Gasteiger partial charge on any atom is -0.0236 e. The van der Waals surface area contributed by atoms with Crippen LogP contribution in [0.5, 0.6) is 0 Å². The molecule has 0 fully saturated rings. The van der Waals surface area contributed by atoms with Crippen LogP contribution < -0.4 is 0 Å². The molecule has 0 unspecified atom stereocenters. The zero-order chi connectivity index (χ0) is 14.7. The van der Waals surface area contributed by atoms with E-state index in [9.17, 15) is 0 Å². The van der Waals surface area contributed by atoms with Gasteiger partial charge in [0.25, 0.3) is 0 Å². The van der Waals surface area contributed by atoms with E-state index in [4.69, 9.17) is 0 Å². The minimum Gasteiger partial charge on any atom is -0.103 e. The van der Waals surface area contributed by atoms with Crippen molar-refractivity contribution in [2.75, 3.05) is 0 Å². The van der Waals surface area contributed by atoms with E-state index < -0.39 is 0 Å². The maximum absolute atomic E-state index is 3.81. The van der Waals surface area contributed by atoms with Crippen LogP contribution in [0.2, 0.25) is 0 Å². The Balaban J connectivity index is -0.000000102. The molecule has 0 heteroatoms. The Morgan fingerprint density at radius 3 is 1.47 bits per heavy atom. The second kappa shape index (κ2) is 29.3. The van der Waals surface area contributed by atoms with Gasteiger partial charge >= 0.3 is 0 Å². The summed E-state index contributed by atoms with van der Waals surface area (Å²) in [5.74, 6) is 0. The van der Waals surface area contributed by atoms with Gasteiger partial charge in [-0.25, -0.2) is 0 Å².